The first-order valence-corrected chi connectivity index (χ1v) is 7.69. The fourth-order valence-electron chi connectivity index (χ4n) is 2.16. The molecule has 1 aromatic carbocycles. The molecule has 1 aromatic rings. The van der Waals surface area contributed by atoms with Crippen LogP contribution < -0.4 is 73.6 Å². The minimum absolute atomic E-state index is 0. The van der Waals surface area contributed by atoms with Gasteiger partial charge in [0.15, 0.2) is 6.79 Å². The second kappa shape index (κ2) is 11.0. The molecule has 1 fully saturated rings. The summed E-state index contributed by atoms with van der Waals surface area (Å²) in [6.07, 6.45) is 3.54. The summed E-state index contributed by atoms with van der Waals surface area (Å²) in [5.74, 6) is 1.87. The molecule has 0 aliphatic heterocycles. The van der Waals surface area contributed by atoms with Crippen LogP contribution in [0.2, 0.25) is 0 Å². The van der Waals surface area contributed by atoms with Gasteiger partial charge in [-0.25, -0.2) is 0 Å². The summed E-state index contributed by atoms with van der Waals surface area (Å²) in [6, 6.07) is 6.11. The van der Waals surface area contributed by atoms with E-state index in [1.54, 1.807) is 0 Å². The molecule has 2 rings (SSSR count). The van der Waals surface area contributed by atoms with Crippen molar-refractivity contribution < 1.29 is 78.2 Å². The zero-order valence-electron chi connectivity index (χ0n) is 13.3. The Kier molecular flexibility index (Phi) is 11.7. The Morgan fingerprint density at radius 1 is 1.24 bits per heavy atom. The first-order valence-electron chi connectivity index (χ1n) is 6.59. The van der Waals surface area contributed by atoms with Crippen molar-refractivity contribution in [1.29, 1.82) is 0 Å². The van der Waals surface area contributed by atoms with Crippen molar-refractivity contribution >= 4 is 8.60 Å². The van der Waals surface area contributed by atoms with Gasteiger partial charge in [-0.1, -0.05) is 32.0 Å². The van der Waals surface area contributed by atoms with Gasteiger partial charge in [-0.15, -0.1) is 0 Å². The van der Waals surface area contributed by atoms with Crippen LogP contribution in [0.4, 0.5) is 0 Å². The predicted octanol–water partition coefficient (Wildman–Crippen LogP) is -3.93. The van der Waals surface area contributed by atoms with Crippen molar-refractivity contribution in [3.63, 3.8) is 0 Å². The van der Waals surface area contributed by atoms with Gasteiger partial charge in [-0.2, -0.15) is 8.60 Å². The molecule has 0 heterocycles. The van der Waals surface area contributed by atoms with Crippen molar-refractivity contribution in [2.45, 2.75) is 39.0 Å². The van der Waals surface area contributed by atoms with E-state index in [1.165, 1.54) is 12.8 Å². The molecule has 7 heteroatoms. The molecule has 21 heavy (non-hydrogen) atoms. The third-order valence-electron chi connectivity index (χ3n) is 3.32. The van der Waals surface area contributed by atoms with E-state index in [4.69, 9.17) is 4.74 Å². The summed E-state index contributed by atoms with van der Waals surface area (Å²) < 4.78 is 10.1. The smallest absolute Gasteiger partial charge is 0.820 e. The van der Waals surface area contributed by atoms with E-state index >= 15 is 0 Å². The van der Waals surface area contributed by atoms with E-state index in [0.717, 1.165) is 29.2 Å². The molecule has 0 spiro atoms. The zero-order chi connectivity index (χ0) is 13.8. The van der Waals surface area contributed by atoms with Crippen LogP contribution in [0.3, 0.4) is 0 Å². The normalized spacial score (nSPS) is 13.8. The Morgan fingerprint density at radius 2 is 1.90 bits per heavy atom. The summed E-state index contributed by atoms with van der Waals surface area (Å²) in [4.78, 5) is 20.8. The van der Waals surface area contributed by atoms with Crippen molar-refractivity contribution in [2.24, 2.45) is 5.92 Å². The van der Waals surface area contributed by atoms with E-state index in [9.17, 15) is 9.79 Å². The molecule has 1 aliphatic rings. The molecule has 4 nitrogen and oxygen atoms in total. The van der Waals surface area contributed by atoms with Crippen LogP contribution in [0.5, 0.6) is 5.75 Å². The Hall–Kier alpha value is 1.33. The van der Waals surface area contributed by atoms with Crippen molar-refractivity contribution in [1.82, 2.24) is 0 Å². The van der Waals surface area contributed by atoms with Crippen molar-refractivity contribution in [3.05, 3.63) is 29.3 Å². The van der Waals surface area contributed by atoms with Crippen molar-refractivity contribution in [2.75, 3.05) is 6.79 Å². The van der Waals surface area contributed by atoms with Crippen LogP contribution in [0.25, 0.3) is 0 Å². The maximum absolute atomic E-state index is 10.4. The number of ether oxygens (including phenoxy) is 1. The summed E-state index contributed by atoms with van der Waals surface area (Å²) in [6.45, 7) is 3.94. The van der Waals surface area contributed by atoms with Gasteiger partial charge in [0, 0.05) is 0 Å². The van der Waals surface area contributed by atoms with Crippen LogP contribution in [-0.4, -0.2) is 6.79 Å². The van der Waals surface area contributed by atoms with Gasteiger partial charge in [0.2, 0.25) is 0 Å². The number of hydrogen-bond donors (Lipinski definition) is 0. The topological polar surface area (TPSA) is 64.6 Å². The Morgan fingerprint density at radius 3 is 2.43 bits per heavy atom. The van der Waals surface area contributed by atoms with E-state index in [0.29, 0.717) is 5.92 Å². The van der Waals surface area contributed by atoms with Crippen LogP contribution in [0, 0.1) is 5.92 Å². The molecule has 0 aromatic heterocycles. The molecule has 0 radical (unpaired) electrons. The molecule has 1 aliphatic carbocycles. The number of benzene rings is 1. The second-order valence-corrected chi connectivity index (χ2v) is 5.96. The fourth-order valence-corrected chi connectivity index (χ4v) is 2.30. The van der Waals surface area contributed by atoms with Gasteiger partial charge in [0.05, 0.1) is 0 Å². The van der Waals surface area contributed by atoms with Gasteiger partial charge in [0.1, 0.15) is 5.75 Å². The van der Waals surface area contributed by atoms with Gasteiger partial charge < -0.3 is 19.0 Å². The standard InChI is InChI=1S/C14H19O4P.2Na/c1-10(2)13-5-3-4-12(8-11-6-7-11)14(13)17-9-18-19(15)16;;/h3-5,10-11H,6-9H2,1-2H3;;/q-2;2*+1. The summed E-state index contributed by atoms with van der Waals surface area (Å²) in [7, 11) is -2.86. The molecule has 0 unspecified atom stereocenters. The van der Waals surface area contributed by atoms with Gasteiger partial charge in [0.25, 0.3) is 0 Å². The van der Waals surface area contributed by atoms with Crippen LogP contribution >= 0.6 is 8.60 Å². The molecular weight excluding hydrogens is 309 g/mol. The molecule has 0 bridgehead atoms. The summed E-state index contributed by atoms with van der Waals surface area (Å²) in [5.41, 5.74) is 2.25. The summed E-state index contributed by atoms with van der Waals surface area (Å²) >= 11 is 0. The first-order chi connectivity index (χ1) is 9.08. The SMILES string of the molecule is CC(C)c1cccc(CC2CC2)c1OCOP([O-])[O-].[Na+].[Na+]. The Bertz CT molecular complexity index is 425. The maximum atomic E-state index is 10.4. The third-order valence-corrected chi connectivity index (χ3v) is 3.63. The number of para-hydroxylation sites is 1. The molecule has 0 N–H and O–H groups in total. The van der Waals surface area contributed by atoms with E-state index in [-0.39, 0.29) is 65.9 Å². The zero-order valence-corrected chi connectivity index (χ0v) is 18.2. The number of hydrogen-bond acceptors (Lipinski definition) is 4. The average molecular weight is 328 g/mol. The van der Waals surface area contributed by atoms with Gasteiger partial charge in [-0.3, -0.25) is 0 Å². The molecule has 1 saturated carbocycles. The monoisotopic (exact) mass is 328 g/mol. The molecule has 0 atom stereocenters. The number of rotatable bonds is 7. The van der Waals surface area contributed by atoms with E-state index < -0.39 is 8.60 Å². The second-order valence-electron chi connectivity index (χ2n) is 5.25. The molecule has 0 saturated heterocycles. The van der Waals surface area contributed by atoms with E-state index in [2.05, 4.69) is 24.4 Å². The van der Waals surface area contributed by atoms with Crippen LogP contribution in [-0.2, 0) is 10.9 Å². The predicted molar refractivity (Wildman–Crippen MR) is 70.5 cm³/mol. The molecule has 0 amide bonds. The Labute approximate surface area is 172 Å². The minimum atomic E-state index is -2.86. The average Bonchev–Trinajstić information content (AvgIpc) is 3.14. The van der Waals surface area contributed by atoms with Gasteiger partial charge >= 0.3 is 59.1 Å². The van der Waals surface area contributed by atoms with Crippen LogP contribution in [0.15, 0.2) is 18.2 Å². The minimum Gasteiger partial charge on any atom is -0.820 e. The first kappa shape index (κ1) is 22.3. The summed E-state index contributed by atoms with van der Waals surface area (Å²) in [5, 5.41) is 0. The van der Waals surface area contributed by atoms with Crippen LogP contribution in [0.1, 0.15) is 43.7 Å². The molecular formula is C14H19Na2O4P. The quantitative estimate of drug-likeness (QED) is 0.291. The molecule has 106 valence electrons. The van der Waals surface area contributed by atoms with Crippen molar-refractivity contribution in [3.8, 4) is 5.75 Å². The van der Waals surface area contributed by atoms with Gasteiger partial charge in [-0.05, 0) is 42.2 Å². The van der Waals surface area contributed by atoms with E-state index in [1.807, 2.05) is 12.1 Å². The fraction of sp³-hybridized carbons (Fsp3) is 0.571. The largest absolute Gasteiger partial charge is 1.00 e. The third kappa shape index (κ3) is 7.63. The Balaban J connectivity index is 0.00000200. The maximum Gasteiger partial charge on any atom is 1.00 e.